The van der Waals surface area contributed by atoms with E-state index in [-0.39, 0.29) is 26.9 Å². The van der Waals surface area contributed by atoms with E-state index in [9.17, 15) is 8.42 Å². The van der Waals surface area contributed by atoms with E-state index in [0.29, 0.717) is 5.69 Å². The summed E-state index contributed by atoms with van der Waals surface area (Å²) in [5.41, 5.74) is 5.87. The van der Waals surface area contributed by atoms with E-state index >= 15 is 0 Å². The topological polar surface area (TPSA) is 107 Å². The molecule has 0 aliphatic heterocycles. The monoisotopic (exact) mass is 348 g/mol. The second kappa shape index (κ2) is 5.92. The fourth-order valence-electron chi connectivity index (χ4n) is 1.46. The number of methoxy groups -OCH3 is 1. The Labute approximate surface area is 131 Å². The minimum atomic E-state index is -3.98. The number of aromatic nitrogens is 2. The molecule has 0 unspecified atom stereocenters. The van der Waals surface area contributed by atoms with Crippen LogP contribution in [-0.2, 0) is 10.0 Å². The molecule has 1 heterocycles. The first-order valence-corrected chi connectivity index (χ1v) is 7.72. The lowest BCUT2D eigenvalue weighted by Crippen LogP contribution is -2.16. The molecule has 0 spiro atoms. The minimum absolute atomic E-state index is 0.0171. The minimum Gasteiger partial charge on any atom is -0.481 e. The van der Waals surface area contributed by atoms with E-state index in [0.717, 1.165) is 0 Å². The van der Waals surface area contributed by atoms with Crippen molar-refractivity contribution in [3.05, 3.63) is 34.4 Å². The number of nitrogens with two attached hydrogens (primary N) is 1. The maximum absolute atomic E-state index is 12.2. The molecule has 0 aliphatic carbocycles. The lowest BCUT2D eigenvalue weighted by atomic mass is 10.3. The van der Waals surface area contributed by atoms with Crippen LogP contribution in [0.5, 0.6) is 5.88 Å². The highest BCUT2D eigenvalue weighted by Crippen LogP contribution is 2.25. The molecule has 0 bridgehead atoms. The van der Waals surface area contributed by atoms with Crippen molar-refractivity contribution in [1.29, 1.82) is 0 Å². The first-order valence-electron chi connectivity index (χ1n) is 5.48. The molecule has 0 amide bonds. The van der Waals surface area contributed by atoms with Crippen molar-refractivity contribution in [3.63, 3.8) is 0 Å². The SMILES string of the molecule is COc1cc(Cl)nc(NS(=O)(=O)c2ccc(N)cc2Cl)n1. The molecule has 21 heavy (non-hydrogen) atoms. The average Bonchev–Trinajstić information content (AvgIpc) is 2.36. The van der Waals surface area contributed by atoms with Crippen molar-refractivity contribution >= 4 is 44.9 Å². The zero-order valence-corrected chi connectivity index (χ0v) is 13.0. The van der Waals surface area contributed by atoms with Gasteiger partial charge in [0.2, 0.25) is 11.8 Å². The molecule has 0 fully saturated rings. The Balaban J connectivity index is 2.39. The Morgan fingerprint density at radius 1 is 1.24 bits per heavy atom. The lowest BCUT2D eigenvalue weighted by molar-refractivity contribution is 0.397. The van der Waals surface area contributed by atoms with Gasteiger partial charge in [0.05, 0.1) is 12.1 Å². The summed E-state index contributed by atoms with van der Waals surface area (Å²) in [6.45, 7) is 0. The van der Waals surface area contributed by atoms with Crippen LogP contribution in [0.2, 0.25) is 10.2 Å². The van der Waals surface area contributed by atoms with Gasteiger partial charge in [-0.2, -0.15) is 4.98 Å². The molecule has 0 atom stereocenters. The van der Waals surface area contributed by atoms with E-state index in [4.69, 9.17) is 33.7 Å². The highest BCUT2D eigenvalue weighted by Gasteiger charge is 2.20. The Morgan fingerprint density at radius 3 is 2.57 bits per heavy atom. The van der Waals surface area contributed by atoms with Gasteiger partial charge in [0.1, 0.15) is 10.0 Å². The number of nitrogens with one attached hydrogen (secondary N) is 1. The maximum Gasteiger partial charge on any atom is 0.265 e. The summed E-state index contributed by atoms with van der Waals surface area (Å²) in [6.07, 6.45) is 0. The third-order valence-corrected chi connectivity index (χ3v) is 4.36. The highest BCUT2D eigenvalue weighted by molar-refractivity contribution is 7.92. The number of rotatable bonds is 4. The number of hydrogen-bond acceptors (Lipinski definition) is 6. The van der Waals surface area contributed by atoms with Crippen LogP contribution < -0.4 is 15.2 Å². The second-order valence-corrected chi connectivity index (χ2v) is 6.30. The summed E-state index contributed by atoms with van der Waals surface area (Å²) >= 11 is 11.6. The van der Waals surface area contributed by atoms with Gasteiger partial charge in [-0.15, -0.1) is 0 Å². The van der Waals surface area contributed by atoms with E-state index in [1.807, 2.05) is 0 Å². The van der Waals surface area contributed by atoms with Crippen molar-refractivity contribution in [2.75, 3.05) is 17.6 Å². The van der Waals surface area contributed by atoms with Gasteiger partial charge < -0.3 is 10.5 Å². The van der Waals surface area contributed by atoms with Gasteiger partial charge in [-0.05, 0) is 18.2 Å². The van der Waals surface area contributed by atoms with Crippen molar-refractivity contribution < 1.29 is 13.2 Å². The molecule has 3 N–H and O–H groups in total. The van der Waals surface area contributed by atoms with Gasteiger partial charge >= 0.3 is 0 Å². The van der Waals surface area contributed by atoms with Gasteiger partial charge in [-0.25, -0.2) is 18.1 Å². The fraction of sp³-hybridized carbons (Fsp3) is 0.0909. The molecule has 1 aromatic carbocycles. The van der Waals surface area contributed by atoms with Crippen molar-refractivity contribution in [2.24, 2.45) is 0 Å². The summed E-state index contributed by atoms with van der Waals surface area (Å²) < 4.78 is 31.5. The van der Waals surface area contributed by atoms with Crippen molar-refractivity contribution in [3.8, 4) is 5.88 Å². The molecule has 2 rings (SSSR count). The van der Waals surface area contributed by atoms with Crippen LogP contribution in [0.3, 0.4) is 0 Å². The number of sulfonamides is 1. The number of hydrogen-bond donors (Lipinski definition) is 2. The van der Waals surface area contributed by atoms with Gasteiger partial charge in [0.25, 0.3) is 10.0 Å². The molecular formula is C11H10Cl2N4O3S. The lowest BCUT2D eigenvalue weighted by Gasteiger charge is -2.09. The van der Waals surface area contributed by atoms with E-state index < -0.39 is 10.0 Å². The van der Waals surface area contributed by atoms with E-state index in [2.05, 4.69) is 14.7 Å². The summed E-state index contributed by atoms with van der Waals surface area (Å²) in [5, 5.41) is 0.0134. The molecule has 10 heteroatoms. The normalized spacial score (nSPS) is 11.2. The molecule has 0 radical (unpaired) electrons. The second-order valence-electron chi connectivity index (χ2n) is 3.85. The Morgan fingerprint density at radius 2 is 1.95 bits per heavy atom. The first-order chi connectivity index (χ1) is 9.81. The van der Waals surface area contributed by atoms with Crippen molar-refractivity contribution in [2.45, 2.75) is 4.90 Å². The molecule has 0 saturated carbocycles. The van der Waals surface area contributed by atoms with E-state index in [1.165, 1.54) is 31.4 Å². The van der Waals surface area contributed by atoms with Gasteiger partial charge in [-0.1, -0.05) is 23.2 Å². The van der Waals surface area contributed by atoms with Gasteiger partial charge in [0.15, 0.2) is 0 Å². The fourth-order valence-corrected chi connectivity index (χ4v) is 3.13. The molecular weight excluding hydrogens is 339 g/mol. The number of nitrogens with zero attached hydrogens (tertiary/aromatic N) is 2. The number of benzene rings is 1. The van der Waals surface area contributed by atoms with Gasteiger partial charge in [0, 0.05) is 11.8 Å². The molecule has 2 aromatic rings. The van der Waals surface area contributed by atoms with Crippen LogP contribution in [0.15, 0.2) is 29.2 Å². The number of nitrogen functional groups attached to an aromatic ring is 1. The molecule has 7 nitrogen and oxygen atoms in total. The standard InChI is InChI=1S/C11H10Cl2N4O3S/c1-20-10-5-9(13)15-11(16-10)17-21(18,19)8-3-2-6(14)4-7(8)12/h2-5H,14H2,1H3,(H,15,16,17). The number of anilines is 2. The Kier molecular flexibility index (Phi) is 4.40. The maximum atomic E-state index is 12.2. The third kappa shape index (κ3) is 3.66. The summed E-state index contributed by atoms with van der Waals surface area (Å²) in [5.74, 6) is -0.108. The average molecular weight is 349 g/mol. The number of halogens is 2. The molecule has 0 aliphatic rings. The quantitative estimate of drug-likeness (QED) is 0.647. The predicted molar refractivity (Wildman–Crippen MR) is 80.3 cm³/mol. The van der Waals surface area contributed by atoms with E-state index in [1.54, 1.807) is 0 Å². The molecule has 112 valence electrons. The Bertz CT molecular complexity index is 783. The van der Waals surface area contributed by atoms with Crippen LogP contribution in [-0.4, -0.2) is 25.5 Å². The zero-order chi connectivity index (χ0) is 15.6. The first kappa shape index (κ1) is 15.6. The van der Waals surface area contributed by atoms with Crippen LogP contribution >= 0.6 is 23.2 Å². The van der Waals surface area contributed by atoms with Crippen LogP contribution in [0.1, 0.15) is 0 Å². The van der Waals surface area contributed by atoms with Gasteiger partial charge in [-0.3, -0.25) is 0 Å². The zero-order valence-electron chi connectivity index (χ0n) is 10.7. The highest BCUT2D eigenvalue weighted by atomic mass is 35.5. The predicted octanol–water partition coefficient (Wildman–Crippen LogP) is 2.17. The largest absolute Gasteiger partial charge is 0.481 e. The molecule has 0 saturated heterocycles. The summed E-state index contributed by atoms with van der Waals surface area (Å²) in [4.78, 5) is 7.44. The summed E-state index contributed by atoms with van der Waals surface area (Å²) in [6, 6.07) is 5.37. The number of ether oxygens (including phenoxy) is 1. The van der Waals surface area contributed by atoms with Crippen LogP contribution in [0, 0.1) is 0 Å². The smallest absolute Gasteiger partial charge is 0.265 e. The Hall–Kier alpha value is -1.77. The van der Waals surface area contributed by atoms with Crippen molar-refractivity contribution in [1.82, 2.24) is 9.97 Å². The third-order valence-electron chi connectivity index (χ3n) is 2.35. The molecule has 1 aromatic heterocycles. The van der Waals surface area contributed by atoms with Crippen LogP contribution in [0.25, 0.3) is 0 Å². The summed E-state index contributed by atoms with van der Waals surface area (Å²) in [7, 11) is -2.61. The van der Waals surface area contributed by atoms with Crippen LogP contribution in [0.4, 0.5) is 11.6 Å².